The summed E-state index contributed by atoms with van der Waals surface area (Å²) in [7, 11) is -4.42. The van der Waals surface area contributed by atoms with E-state index in [0.717, 1.165) is 28.6 Å². The van der Waals surface area contributed by atoms with E-state index in [1.807, 2.05) is 12.1 Å². The molecular formula is C31H23FN2O7S. The molecule has 0 bridgehead atoms. The van der Waals surface area contributed by atoms with Crippen molar-refractivity contribution in [3.63, 3.8) is 0 Å². The molecule has 0 saturated heterocycles. The molecule has 0 amide bonds. The lowest BCUT2D eigenvalue weighted by Crippen LogP contribution is -2.31. The van der Waals surface area contributed by atoms with Crippen LogP contribution in [0.25, 0.3) is 21.7 Å². The average Bonchev–Trinajstić information content (AvgIpc) is 3.81. The molecule has 0 spiro atoms. The maximum atomic E-state index is 15.9. The molecule has 2 N–H and O–H groups in total. The smallest absolute Gasteiger partial charge is 0.341 e. The summed E-state index contributed by atoms with van der Waals surface area (Å²) in [6.45, 7) is -0.349. The van der Waals surface area contributed by atoms with Gasteiger partial charge in [0.15, 0.2) is 0 Å². The van der Waals surface area contributed by atoms with Crippen molar-refractivity contribution in [1.29, 1.82) is 0 Å². The van der Waals surface area contributed by atoms with E-state index in [4.69, 9.17) is 0 Å². The summed E-state index contributed by atoms with van der Waals surface area (Å²) in [5.74, 6) is -3.62. The lowest BCUT2D eigenvalue weighted by molar-refractivity contribution is 0.0685. The third-order valence-electron chi connectivity index (χ3n) is 7.38. The molecule has 11 heteroatoms. The van der Waals surface area contributed by atoms with Crippen molar-refractivity contribution >= 4 is 49.3 Å². The van der Waals surface area contributed by atoms with Crippen LogP contribution in [0, 0.1) is 5.82 Å². The minimum absolute atomic E-state index is 0.00209. The van der Waals surface area contributed by atoms with Crippen molar-refractivity contribution in [2.75, 3.05) is 4.31 Å². The highest BCUT2D eigenvalue weighted by Crippen LogP contribution is 2.39. The fraction of sp³-hybridized carbons (Fsp3) is 0.129. The summed E-state index contributed by atoms with van der Waals surface area (Å²) in [6, 6.07) is 19.3. The van der Waals surface area contributed by atoms with Crippen LogP contribution >= 0.6 is 0 Å². The van der Waals surface area contributed by atoms with Gasteiger partial charge in [0.1, 0.15) is 11.4 Å². The first-order valence-corrected chi connectivity index (χ1v) is 14.4. The lowest BCUT2D eigenvalue weighted by atomic mass is 10.1. The van der Waals surface area contributed by atoms with Crippen LogP contribution in [-0.4, -0.2) is 35.1 Å². The standard InChI is InChI=1S/C31H23FN2O7S/c32-26-14-24-27(33(22-10-11-22)17-25(29(24)35)31(38)39)15-28(26)34(16-18-5-7-20(8-6-18)30(36)37)42(40,41)23-12-9-19-3-1-2-4-21(19)13-23/h1-9,12-15,17,22H,10-11,16H2,(H,36,37)(H,38,39). The topological polar surface area (TPSA) is 134 Å². The van der Waals surface area contributed by atoms with Crippen LogP contribution in [0.4, 0.5) is 10.1 Å². The molecule has 0 radical (unpaired) electrons. The molecule has 212 valence electrons. The molecule has 1 aliphatic carbocycles. The number of aromatic carboxylic acids is 2. The summed E-state index contributed by atoms with van der Waals surface area (Å²) in [5.41, 5.74) is -1.10. The van der Waals surface area contributed by atoms with Gasteiger partial charge in [0.2, 0.25) is 5.43 Å². The number of fused-ring (bicyclic) bond motifs is 2. The van der Waals surface area contributed by atoms with E-state index in [2.05, 4.69) is 0 Å². The van der Waals surface area contributed by atoms with Gasteiger partial charge in [0.25, 0.3) is 10.0 Å². The minimum Gasteiger partial charge on any atom is -0.478 e. The Balaban J connectivity index is 1.56. The van der Waals surface area contributed by atoms with Crippen molar-refractivity contribution in [3.05, 3.63) is 118 Å². The summed E-state index contributed by atoms with van der Waals surface area (Å²) < 4.78 is 46.8. The van der Waals surface area contributed by atoms with Crippen molar-refractivity contribution in [1.82, 2.24) is 4.57 Å². The van der Waals surface area contributed by atoms with E-state index in [9.17, 15) is 33.0 Å². The Bertz CT molecular complexity index is 2090. The Morgan fingerprint density at radius 1 is 0.905 bits per heavy atom. The van der Waals surface area contributed by atoms with E-state index in [-0.39, 0.29) is 39.6 Å². The van der Waals surface area contributed by atoms with Crippen LogP contribution in [0.3, 0.4) is 0 Å². The monoisotopic (exact) mass is 586 g/mol. The molecule has 0 atom stereocenters. The summed E-state index contributed by atoms with van der Waals surface area (Å²) in [6.07, 6.45) is 2.66. The zero-order chi connectivity index (χ0) is 29.8. The predicted molar refractivity (Wildman–Crippen MR) is 154 cm³/mol. The number of anilines is 1. The van der Waals surface area contributed by atoms with Gasteiger partial charge in [-0.1, -0.05) is 42.5 Å². The molecule has 6 rings (SSSR count). The number of benzene rings is 4. The molecular weight excluding hydrogens is 563 g/mol. The number of hydrogen-bond acceptors (Lipinski definition) is 5. The third kappa shape index (κ3) is 4.77. The van der Waals surface area contributed by atoms with Crippen molar-refractivity contribution in [2.45, 2.75) is 30.3 Å². The second-order valence-corrected chi connectivity index (χ2v) is 12.0. The summed E-state index contributed by atoms with van der Waals surface area (Å²) in [4.78, 5) is 36.0. The van der Waals surface area contributed by atoms with Crippen LogP contribution in [-0.2, 0) is 16.6 Å². The number of hydrogen-bond donors (Lipinski definition) is 2. The molecule has 5 aromatic rings. The second kappa shape index (κ2) is 10.1. The summed E-state index contributed by atoms with van der Waals surface area (Å²) in [5, 5.41) is 20.1. The molecule has 1 fully saturated rings. The Morgan fingerprint density at radius 2 is 1.60 bits per heavy atom. The van der Waals surface area contributed by atoms with Crippen LogP contribution in [0.5, 0.6) is 0 Å². The second-order valence-electron chi connectivity index (χ2n) is 10.2. The number of rotatable bonds is 8. The highest BCUT2D eigenvalue weighted by molar-refractivity contribution is 7.92. The quantitative estimate of drug-likeness (QED) is 0.248. The lowest BCUT2D eigenvalue weighted by Gasteiger charge is -2.26. The normalized spacial score (nSPS) is 13.4. The minimum atomic E-state index is -4.42. The highest BCUT2D eigenvalue weighted by atomic mass is 32.2. The van der Waals surface area contributed by atoms with Gasteiger partial charge in [-0.25, -0.2) is 22.4 Å². The van der Waals surface area contributed by atoms with Gasteiger partial charge in [0, 0.05) is 17.6 Å². The van der Waals surface area contributed by atoms with Gasteiger partial charge in [-0.15, -0.1) is 0 Å². The van der Waals surface area contributed by atoms with Crippen LogP contribution < -0.4 is 9.73 Å². The molecule has 9 nitrogen and oxygen atoms in total. The first-order chi connectivity index (χ1) is 20.0. The number of nitrogens with zero attached hydrogens (tertiary/aromatic N) is 2. The van der Waals surface area contributed by atoms with E-state index in [0.29, 0.717) is 10.9 Å². The summed E-state index contributed by atoms with van der Waals surface area (Å²) >= 11 is 0. The number of pyridine rings is 1. The van der Waals surface area contributed by atoms with E-state index in [1.165, 1.54) is 48.7 Å². The van der Waals surface area contributed by atoms with Crippen molar-refractivity contribution < 1.29 is 32.6 Å². The van der Waals surface area contributed by atoms with Crippen LogP contribution in [0.2, 0.25) is 0 Å². The van der Waals surface area contributed by atoms with Crippen LogP contribution in [0.1, 0.15) is 45.2 Å². The van der Waals surface area contributed by atoms with Gasteiger partial charge in [-0.2, -0.15) is 0 Å². The number of carboxylic acid groups (broad SMARTS) is 2. The number of carbonyl (C=O) groups is 2. The maximum absolute atomic E-state index is 15.9. The molecule has 4 aromatic carbocycles. The SMILES string of the molecule is O=C(O)c1ccc(CN(c2cc3c(cc2F)c(=O)c(C(=O)O)cn3C2CC2)S(=O)(=O)c2ccc3ccccc3c2)cc1. The van der Waals surface area contributed by atoms with Crippen molar-refractivity contribution in [3.8, 4) is 0 Å². The Labute approximate surface area is 238 Å². The van der Waals surface area contributed by atoms with E-state index in [1.54, 1.807) is 22.8 Å². The van der Waals surface area contributed by atoms with Crippen molar-refractivity contribution in [2.24, 2.45) is 0 Å². The molecule has 42 heavy (non-hydrogen) atoms. The Kier molecular flexibility index (Phi) is 6.53. The predicted octanol–water partition coefficient (Wildman–Crippen LogP) is 5.42. The molecule has 1 aliphatic rings. The molecule has 1 heterocycles. The Hall–Kier alpha value is -5.03. The number of aromatic nitrogens is 1. The van der Waals surface area contributed by atoms with Gasteiger partial charge in [0.05, 0.1) is 28.2 Å². The van der Waals surface area contributed by atoms with Gasteiger partial charge in [-0.3, -0.25) is 9.10 Å². The van der Waals surface area contributed by atoms with Gasteiger partial charge < -0.3 is 14.8 Å². The fourth-order valence-electron chi connectivity index (χ4n) is 5.03. The number of sulfonamides is 1. The maximum Gasteiger partial charge on any atom is 0.341 e. The number of carboxylic acids is 2. The average molecular weight is 587 g/mol. The van der Waals surface area contributed by atoms with E-state index < -0.39 is 38.8 Å². The molecule has 1 saturated carbocycles. The third-order valence-corrected chi connectivity index (χ3v) is 9.13. The Morgan fingerprint density at radius 3 is 2.24 bits per heavy atom. The number of halogens is 1. The molecule has 1 aromatic heterocycles. The van der Waals surface area contributed by atoms with E-state index >= 15 is 4.39 Å². The zero-order valence-corrected chi connectivity index (χ0v) is 22.7. The highest BCUT2D eigenvalue weighted by Gasteiger charge is 2.31. The van der Waals surface area contributed by atoms with Gasteiger partial charge in [-0.05, 0) is 65.6 Å². The fourth-order valence-corrected chi connectivity index (χ4v) is 6.52. The van der Waals surface area contributed by atoms with Crippen LogP contribution in [0.15, 0.2) is 94.7 Å². The molecule has 0 aliphatic heterocycles. The van der Waals surface area contributed by atoms with Gasteiger partial charge >= 0.3 is 11.9 Å². The molecule has 0 unspecified atom stereocenters. The zero-order valence-electron chi connectivity index (χ0n) is 21.9. The first-order valence-electron chi connectivity index (χ1n) is 13.0. The first kappa shape index (κ1) is 27.2. The largest absolute Gasteiger partial charge is 0.478 e.